The van der Waals surface area contributed by atoms with Crippen LogP contribution < -0.4 is 5.32 Å². The number of carbonyl (C=O) groups excluding carboxylic acids is 1. The summed E-state index contributed by atoms with van der Waals surface area (Å²) in [5.74, 6) is 8.77. The van der Waals surface area contributed by atoms with Gasteiger partial charge in [0.25, 0.3) is 0 Å². The predicted molar refractivity (Wildman–Crippen MR) is 106 cm³/mol. The molecule has 2 amide bonds. The summed E-state index contributed by atoms with van der Waals surface area (Å²) in [6, 6.07) is 11.9. The molecule has 2 aromatic rings. The molecule has 4 nitrogen and oxygen atoms in total. The molecule has 2 aliphatic rings. The van der Waals surface area contributed by atoms with Gasteiger partial charge >= 0.3 is 6.03 Å². The van der Waals surface area contributed by atoms with Gasteiger partial charge in [0.1, 0.15) is 11.5 Å². The molecule has 0 aliphatic heterocycles. The van der Waals surface area contributed by atoms with Crippen molar-refractivity contribution in [3.8, 4) is 11.8 Å². The number of anilines is 1. The van der Waals surface area contributed by atoms with Gasteiger partial charge in [-0.1, -0.05) is 24.7 Å². The Morgan fingerprint density at radius 2 is 1.85 bits per heavy atom. The van der Waals surface area contributed by atoms with E-state index in [2.05, 4.69) is 17.2 Å². The van der Waals surface area contributed by atoms with Crippen LogP contribution in [0.3, 0.4) is 0 Å². The minimum Gasteiger partial charge on any atom is -0.464 e. The minimum absolute atomic E-state index is 0.0623. The lowest BCUT2D eigenvalue weighted by atomic mass is 10.2. The monoisotopic (exact) mass is 362 g/mol. The third-order valence-corrected chi connectivity index (χ3v) is 5.28. The summed E-state index contributed by atoms with van der Waals surface area (Å²) in [6.45, 7) is 2.44. The van der Waals surface area contributed by atoms with E-state index in [1.165, 1.54) is 25.7 Å². The van der Waals surface area contributed by atoms with E-state index in [0.29, 0.717) is 12.5 Å². The molecule has 1 heterocycles. The first-order chi connectivity index (χ1) is 13.2. The van der Waals surface area contributed by atoms with Crippen LogP contribution in [0.1, 0.15) is 55.6 Å². The van der Waals surface area contributed by atoms with Crippen LogP contribution in [0.15, 0.2) is 40.8 Å². The van der Waals surface area contributed by atoms with E-state index in [1.807, 2.05) is 48.2 Å². The molecule has 0 spiro atoms. The molecule has 4 rings (SSSR count). The van der Waals surface area contributed by atoms with Crippen molar-refractivity contribution in [2.24, 2.45) is 5.92 Å². The Bertz CT molecular complexity index is 846. The lowest BCUT2D eigenvalue weighted by Crippen LogP contribution is -2.41. The van der Waals surface area contributed by atoms with Gasteiger partial charge in [-0.05, 0) is 69.0 Å². The summed E-state index contributed by atoms with van der Waals surface area (Å²) in [7, 11) is 0. The van der Waals surface area contributed by atoms with E-state index in [4.69, 9.17) is 4.42 Å². The first-order valence-corrected chi connectivity index (χ1v) is 9.92. The maximum atomic E-state index is 13.0. The summed E-state index contributed by atoms with van der Waals surface area (Å²) in [5, 5.41) is 3.05. The van der Waals surface area contributed by atoms with Crippen LogP contribution in [-0.2, 0) is 6.54 Å². The van der Waals surface area contributed by atoms with Crippen LogP contribution in [0.2, 0.25) is 0 Å². The van der Waals surface area contributed by atoms with Crippen molar-refractivity contribution in [3.05, 3.63) is 53.5 Å². The van der Waals surface area contributed by atoms with E-state index in [0.717, 1.165) is 35.6 Å². The fourth-order valence-electron chi connectivity index (χ4n) is 3.57. The van der Waals surface area contributed by atoms with Gasteiger partial charge in [0, 0.05) is 23.2 Å². The first kappa shape index (κ1) is 17.7. The van der Waals surface area contributed by atoms with Crippen LogP contribution in [-0.4, -0.2) is 17.0 Å². The van der Waals surface area contributed by atoms with Gasteiger partial charge in [-0.25, -0.2) is 4.79 Å². The van der Waals surface area contributed by atoms with Crippen molar-refractivity contribution in [3.63, 3.8) is 0 Å². The highest BCUT2D eigenvalue weighted by Gasteiger charge is 2.27. The molecule has 1 N–H and O–H groups in total. The number of furan rings is 1. The zero-order valence-electron chi connectivity index (χ0n) is 15.8. The highest BCUT2D eigenvalue weighted by Crippen LogP contribution is 2.28. The molecule has 1 aromatic heterocycles. The average molecular weight is 362 g/mol. The maximum absolute atomic E-state index is 13.0. The molecule has 2 fully saturated rings. The van der Waals surface area contributed by atoms with E-state index in [-0.39, 0.29) is 12.1 Å². The van der Waals surface area contributed by atoms with Crippen molar-refractivity contribution in [1.29, 1.82) is 0 Å². The van der Waals surface area contributed by atoms with E-state index in [9.17, 15) is 4.79 Å². The number of hydrogen-bond acceptors (Lipinski definition) is 2. The molecule has 4 heteroatoms. The number of hydrogen-bond donors (Lipinski definition) is 1. The Morgan fingerprint density at radius 3 is 2.48 bits per heavy atom. The summed E-state index contributed by atoms with van der Waals surface area (Å²) < 4.78 is 5.70. The van der Waals surface area contributed by atoms with Crippen molar-refractivity contribution < 1.29 is 9.21 Å². The van der Waals surface area contributed by atoms with Gasteiger partial charge in [0.05, 0.1) is 6.54 Å². The zero-order valence-corrected chi connectivity index (χ0v) is 15.8. The van der Waals surface area contributed by atoms with Gasteiger partial charge < -0.3 is 14.6 Å². The molecular weight excluding hydrogens is 336 g/mol. The lowest BCUT2D eigenvalue weighted by Gasteiger charge is -2.28. The molecule has 0 radical (unpaired) electrons. The second-order valence-corrected chi connectivity index (χ2v) is 7.63. The van der Waals surface area contributed by atoms with E-state index in [1.54, 1.807) is 0 Å². The molecule has 140 valence electrons. The Balaban J connectivity index is 1.43. The summed E-state index contributed by atoms with van der Waals surface area (Å²) >= 11 is 0. The number of aryl methyl sites for hydroxylation is 1. The molecule has 2 saturated carbocycles. The largest absolute Gasteiger partial charge is 0.464 e. The van der Waals surface area contributed by atoms with Gasteiger partial charge in [0.2, 0.25) is 0 Å². The SMILES string of the molecule is Cc1ccc(CN(C(=O)Nc2ccc(C#CC3CC3)cc2)C2CCCC2)o1. The van der Waals surface area contributed by atoms with Gasteiger partial charge in [-0.3, -0.25) is 0 Å². The number of carbonyl (C=O) groups is 1. The number of amides is 2. The topological polar surface area (TPSA) is 45.5 Å². The summed E-state index contributed by atoms with van der Waals surface area (Å²) in [5.41, 5.74) is 1.80. The van der Waals surface area contributed by atoms with Crippen LogP contribution in [0.5, 0.6) is 0 Å². The number of rotatable bonds is 4. The highest BCUT2D eigenvalue weighted by atomic mass is 16.3. The summed E-state index contributed by atoms with van der Waals surface area (Å²) in [6.07, 6.45) is 6.94. The van der Waals surface area contributed by atoms with Crippen LogP contribution in [0.4, 0.5) is 10.5 Å². The maximum Gasteiger partial charge on any atom is 0.322 e. The number of nitrogens with zero attached hydrogens (tertiary/aromatic N) is 1. The second kappa shape index (κ2) is 7.92. The van der Waals surface area contributed by atoms with E-state index >= 15 is 0 Å². The molecule has 0 unspecified atom stereocenters. The highest BCUT2D eigenvalue weighted by molar-refractivity contribution is 5.89. The molecule has 2 aliphatic carbocycles. The van der Waals surface area contributed by atoms with Crippen molar-refractivity contribution in [2.75, 3.05) is 5.32 Å². The number of nitrogens with one attached hydrogen (secondary N) is 1. The predicted octanol–water partition coefficient (Wildman–Crippen LogP) is 5.33. The number of urea groups is 1. The average Bonchev–Trinajstić information content (AvgIpc) is 3.16. The fourth-order valence-corrected chi connectivity index (χ4v) is 3.57. The van der Waals surface area contributed by atoms with Gasteiger partial charge in [-0.15, -0.1) is 0 Å². The van der Waals surface area contributed by atoms with Crippen molar-refractivity contribution in [2.45, 2.75) is 58.0 Å². The number of benzene rings is 1. The van der Waals surface area contributed by atoms with Crippen LogP contribution >= 0.6 is 0 Å². The molecule has 0 bridgehead atoms. The minimum atomic E-state index is -0.0623. The molecule has 27 heavy (non-hydrogen) atoms. The second-order valence-electron chi connectivity index (χ2n) is 7.63. The summed E-state index contributed by atoms with van der Waals surface area (Å²) in [4.78, 5) is 14.9. The normalized spacial score (nSPS) is 16.6. The van der Waals surface area contributed by atoms with E-state index < -0.39 is 0 Å². The third kappa shape index (κ3) is 4.74. The van der Waals surface area contributed by atoms with Gasteiger partial charge in [0.15, 0.2) is 0 Å². The quantitative estimate of drug-likeness (QED) is 0.748. The standard InChI is InChI=1S/C23H26N2O2/c1-17-6-15-22(27-17)16-25(21-4-2-3-5-21)23(26)24-20-13-11-19(12-14-20)10-9-18-7-8-18/h6,11-15,18,21H,2-5,7-8,16H2,1H3,(H,24,26). The Labute approximate surface area is 160 Å². The first-order valence-electron chi connectivity index (χ1n) is 9.92. The van der Waals surface area contributed by atoms with Crippen LogP contribution in [0, 0.1) is 24.7 Å². The third-order valence-electron chi connectivity index (χ3n) is 5.28. The molecule has 1 aromatic carbocycles. The Hall–Kier alpha value is -2.67. The molecular formula is C23H26N2O2. The fraction of sp³-hybridized carbons (Fsp3) is 0.435. The molecule has 0 saturated heterocycles. The Kier molecular flexibility index (Phi) is 5.20. The van der Waals surface area contributed by atoms with Crippen LogP contribution in [0.25, 0.3) is 0 Å². The van der Waals surface area contributed by atoms with Crippen molar-refractivity contribution >= 4 is 11.7 Å². The molecule has 0 atom stereocenters. The zero-order chi connectivity index (χ0) is 18.6. The Morgan fingerprint density at radius 1 is 1.11 bits per heavy atom. The lowest BCUT2D eigenvalue weighted by molar-refractivity contribution is 0.178. The van der Waals surface area contributed by atoms with Gasteiger partial charge in [-0.2, -0.15) is 0 Å². The smallest absolute Gasteiger partial charge is 0.322 e. The van der Waals surface area contributed by atoms with Crippen molar-refractivity contribution in [1.82, 2.24) is 4.90 Å².